The van der Waals surface area contributed by atoms with Crippen LogP contribution >= 0.6 is 11.8 Å². The maximum absolute atomic E-state index is 10.9. The van der Waals surface area contributed by atoms with Crippen molar-refractivity contribution < 1.29 is 14.3 Å². The molecule has 1 aromatic heterocycles. The van der Waals surface area contributed by atoms with Crippen LogP contribution in [0.4, 0.5) is 0 Å². The molecule has 0 unspecified atom stereocenters. The lowest BCUT2D eigenvalue weighted by molar-refractivity contribution is -0.115. The lowest BCUT2D eigenvalue weighted by atomic mass is 10.3. The Hall–Kier alpha value is -2.48. The molecular weight excluding hydrogens is 316 g/mol. The first-order chi connectivity index (χ1) is 11.1. The number of ether oxygens (including phenoxy) is 2. The Kier molecular flexibility index (Phi) is 6.04. The van der Waals surface area contributed by atoms with Gasteiger partial charge in [-0.2, -0.15) is 0 Å². The summed E-state index contributed by atoms with van der Waals surface area (Å²) in [5.41, 5.74) is 5.16. The van der Waals surface area contributed by atoms with Crippen molar-refractivity contribution in [2.75, 3.05) is 12.9 Å². The fourth-order valence-electron chi connectivity index (χ4n) is 1.80. The number of amides is 1. The highest BCUT2D eigenvalue weighted by Gasteiger charge is 2.13. The van der Waals surface area contributed by atoms with Gasteiger partial charge in [0.15, 0.2) is 11.0 Å². The van der Waals surface area contributed by atoms with E-state index >= 15 is 0 Å². The van der Waals surface area contributed by atoms with Gasteiger partial charge in [-0.25, -0.2) is 0 Å². The average Bonchev–Trinajstić information content (AvgIpc) is 2.94. The lowest BCUT2D eigenvalue weighted by Crippen LogP contribution is -2.14. The number of carbonyl (C=O) groups excluding carboxylic acids is 1. The number of aromatic nitrogens is 3. The van der Waals surface area contributed by atoms with E-state index in [1.54, 1.807) is 13.2 Å². The maximum Gasteiger partial charge on any atom is 0.227 e. The monoisotopic (exact) mass is 334 g/mol. The lowest BCUT2D eigenvalue weighted by Gasteiger charge is -2.09. The molecule has 0 spiro atoms. The highest BCUT2D eigenvalue weighted by molar-refractivity contribution is 7.99. The van der Waals surface area contributed by atoms with Gasteiger partial charge in [-0.3, -0.25) is 9.36 Å². The van der Waals surface area contributed by atoms with Crippen LogP contribution in [-0.2, 0) is 17.9 Å². The summed E-state index contributed by atoms with van der Waals surface area (Å²) < 4.78 is 12.6. The maximum atomic E-state index is 10.9. The molecule has 122 valence electrons. The molecule has 0 saturated heterocycles. The number of nitrogens with zero attached hydrogens (tertiary/aromatic N) is 3. The van der Waals surface area contributed by atoms with Crippen LogP contribution in [0.2, 0.25) is 0 Å². The van der Waals surface area contributed by atoms with Crippen LogP contribution in [0.15, 0.2) is 42.1 Å². The minimum atomic E-state index is -0.404. The van der Waals surface area contributed by atoms with Gasteiger partial charge in [-0.1, -0.05) is 17.8 Å². The van der Waals surface area contributed by atoms with E-state index in [9.17, 15) is 4.79 Å². The van der Waals surface area contributed by atoms with E-state index in [0.29, 0.717) is 23.3 Å². The molecule has 0 bridgehead atoms. The normalized spacial score (nSPS) is 10.3. The minimum Gasteiger partial charge on any atom is -0.497 e. The molecule has 0 aliphatic rings. The topological polar surface area (TPSA) is 92.3 Å². The fourth-order valence-corrected chi connectivity index (χ4v) is 2.51. The van der Waals surface area contributed by atoms with Crippen molar-refractivity contribution in [3.8, 4) is 11.5 Å². The highest BCUT2D eigenvalue weighted by Crippen LogP contribution is 2.20. The molecule has 0 fully saturated rings. The van der Waals surface area contributed by atoms with Gasteiger partial charge >= 0.3 is 0 Å². The quantitative estimate of drug-likeness (QED) is 0.553. The minimum absolute atomic E-state index is 0.147. The molecule has 1 aromatic carbocycles. The van der Waals surface area contributed by atoms with E-state index in [0.717, 1.165) is 5.75 Å². The number of nitrogens with two attached hydrogens (primary N) is 1. The van der Waals surface area contributed by atoms with Crippen LogP contribution in [-0.4, -0.2) is 33.5 Å². The molecule has 2 N–H and O–H groups in total. The number of hydrogen-bond acceptors (Lipinski definition) is 6. The average molecular weight is 334 g/mol. The number of methoxy groups -OCH3 is 1. The number of carbonyl (C=O) groups is 1. The van der Waals surface area contributed by atoms with Gasteiger partial charge in [0.25, 0.3) is 0 Å². The van der Waals surface area contributed by atoms with Gasteiger partial charge in [0.05, 0.1) is 12.9 Å². The molecule has 2 aromatic rings. The molecule has 2 rings (SSSR count). The third kappa shape index (κ3) is 4.75. The van der Waals surface area contributed by atoms with Crippen molar-refractivity contribution in [1.29, 1.82) is 0 Å². The molecule has 0 aliphatic heterocycles. The zero-order valence-corrected chi connectivity index (χ0v) is 13.6. The Morgan fingerprint density at radius 2 is 2.04 bits per heavy atom. The second-order valence-electron chi connectivity index (χ2n) is 4.52. The van der Waals surface area contributed by atoms with E-state index < -0.39 is 5.91 Å². The Morgan fingerprint density at radius 3 is 2.65 bits per heavy atom. The summed E-state index contributed by atoms with van der Waals surface area (Å²) in [4.78, 5) is 10.9. The molecule has 23 heavy (non-hydrogen) atoms. The van der Waals surface area contributed by atoms with Gasteiger partial charge < -0.3 is 15.2 Å². The molecule has 0 atom stereocenters. The summed E-state index contributed by atoms with van der Waals surface area (Å²) in [6.07, 6.45) is 1.73. The van der Waals surface area contributed by atoms with Gasteiger partial charge in [0, 0.05) is 6.54 Å². The van der Waals surface area contributed by atoms with Gasteiger partial charge in [0.2, 0.25) is 5.91 Å². The van der Waals surface area contributed by atoms with E-state index in [-0.39, 0.29) is 12.4 Å². The summed E-state index contributed by atoms with van der Waals surface area (Å²) in [5, 5.41) is 8.78. The van der Waals surface area contributed by atoms with E-state index in [1.165, 1.54) is 11.8 Å². The number of rotatable bonds is 9. The Bertz CT molecular complexity index is 670. The van der Waals surface area contributed by atoms with Crippen molar-refractivity contribution in [3.05, 3.63) is 42.7 Å². The molecule has 1 heterocycles. The predicted molar refractivity (Wildman–Crippen MR) is 87.5 cm³/mol. The zero-order chi connectivity index (χ0) is 16.7. The zero-order valence-electron chi connectivity index (χ0n) is 12.8. The smallest absolute Gasteiger partial charge is 0.227 e. The first kappa shape index (κ1) is 16.9. The first-order valence-electron chi connectivity index (χ1n) is 6.85. The van der Waals surface area contributed by atoms with E-state index in [4.69, 9.17) is 15.2 Å². The number of allylic oxidation sites excluding steroid dienone is 1. The van der Waals surface area contributed by atoms with Gasteiger partial charge in [0.1, 0.15) is 18.1 Å². The summed E-state index contributed by atoms with van der Waals surface area (Å²) in [7, 11) is 1.61. The second-order valence-corrected chi connectivity index (χ2v) is 5.46. The van der Waals surface area contributed by atoms with Crippen LogP contribution in [0, 0.1) is 0 Å². The number of hydrogen-bond donors (Lipinski definition) is 1. The Labute approximate surface area is 138 Å². The molecule has 0 aliphatic carbocycles. The SMILES string of the molecule is C=CCn1c(COc2ccc(OC)cc2)nnc1SCC(N)=O. The van der Waals surface area contributed by atoms with Crippen LogP contribution in [0.25, 0.3) is 0 Å². The fraction of sp³-hybridized carbons (Fsp3) is 0.267. The summed E-state index contributed by atoms with van der Waals surface area (Å²) in [5.74, 6) is 1.85. The molecule has 0 radical (unpaired) electrons. The summed E-state index contributed by atoms with van der Waals surface area (Å²) in [6.45, 7) is 4.50. The van der Waals surface area contributed by atoms with Crippen molar-refractivity contribution in [1.82, 2.24) is 14.8 Å². The van der Waals surface area contributed by atoms with Gasteiger partial charge in [-0.05, 0) is 24.3 Å². The van der Waals surface area contributed by atoms with Gasteiger partial charge in [-0.15, -0.1) is 16.8 Å². The van der Waals surface area contributed by atoms with Crippen molar-refractivity contribution in [2.45, 2.75) is 18.3 Å². The molecule has 7 nitrogen and oxygen atoms in total. The summed E-state index contributed by atoms with van der Waals surface area (Å²) >= 11 is 1.24. The van der Waals surface area contributed by atoms with Crippen LogP contribution in [0.1, 0.15) is 5.82 Å². The molecular formula is C15H18N4O3S. The van der Waals surface area contributed by atoms with Crippen molar-refractivity contribution >= 4 is 17.7 Å². The molecule has 8 heteroatoms. The van der Waals surface area contributed by atoms with E-state index in [1.807, 2.05) is 28.8 Å². The Balaban J connectivity index is 2.05. The highest BCUT2D eigenvalue weighted by atomic mass is 32.2. The van der Waals surface area contributed by atoms with Crippen molar-refractivity contribution in [2.24, 2.45) is 5.73 Å². The number of benzene rings is 1. The van der Waals surface area contributed by atoms with Crippen molar-refractivity contribution in [3.63, 3.8) is 0 Å². The largest absolute Gasteiger partial charge is 0.497 e. The molecule has 1 amide bonds. The Morgan fingerprint density at radius 1 is 1.35 bits per heavy atom. The third-order valence-corrected chi connectivity index (χ3v) is 3.87. The number of thioether (sulfide) groups is 1. The van der Waals surface area contributed by atoms with E-state index in [2.05, 4.69) is 16.8 Å². The van der Waals surface area contributed by atoms with Crippen LogP contribution in [0.5, 0.6) is 11.5 Å². The predicted octanol–water partition coefficient (Wildman–Crippen LogP) is 1.63. The third-order valence-electron chi connectivity index (χ3n) is 2.88. The standard InChI is InChI=1S/C15H18N4O3S/c1-3-8-19-14(17-18-15(19)23-10-13(16)20)9-22-12-6-4-11(21-2)5-7-12/h3-7H,1,8-10H2,2H3,(H2,16,20). The second kappa shape index (κ2) is 8.23. The molecule has 0 saturated carbocycles. The summed E-state index contributed by atoms with van der Waals surface area (Å²) in [6, 6.07) is 7.27. The van der Waals surface area contributed by atoms with Crippen LogP contribution < -0.4 is 15.2 Å². The number of primary amides is 1. The van der Waals surface area contributed by atoms with Crippen LogP contribution in [0.3, 0.4) is 0 Å². The first-order valence-corrected chi connectivity index (χ1v) is 7.83.